The van der Waals surface area contributed by atoms with Crippen molar-refractivity contribution < 1.29 is 40.7 Å². The van der Waals surface area contributed by atoms with E-state index in [1.807, 2.05) is 0 Å². The lowest BCUT2D eigenvalue weighted by Crippen LogP contribution is -2.22. The van der Waals surface area contributed by atoms with Gasteiger partial charge in [-0.15, -0.1) is 0 Å². The van der Waals surface area contributed by atoms with Crippen molar-refractivity contribution in [3.8, 4) is 0 Å². The first-order valence-corrected chi connectivity index (χ1v) is 7.29. The predicted molar refractivity (Wildman–Crippen MR) is 81.8 cm³/mol. The van der Waals surface area contributed by atoms with Gasteiger partial charge in [-0.05, 0) is 36.4 Å². The third-order valence-corrected chi connectivity index (χ3v) is 3.28. The minimum atomic E-state index is -4.78. The van der Waals surface area contributed by atoms with E-state index in [1.54, 1.807) is 0 Å². The molecule has 27 heavy (non-hydrogen) atoms. The first kappa shape index (κ1) is 20.3. The van der Waals surface area contributed by atoms with E-state index >= 15 is 0 Å². The molecule has 1 amide bonds. The van der Waals surface area contributed by atoms with Gasteiger partial charge in [0.1, 0.15) is 0 Å². The van der Waals surface area contributed by atoms with E-state index in [-0.39, 0.29) is 5.69 Å². The number of anilines is 1. The van der Waals surface area contributed by atoms with E-state index in [4.69, 9.17) is 0 Å². The highest BCUT2D eigenvalue weighted by atomic mass is 19.4. The van der Waals surface area contributed by atoms with Gasteiger partial charge < -0.3 is 10.1 Å². The molecular weight excluding hydrogens is 380 g/mol. The molecule has 2 rings (SSSR count). The molecule has 0 aliphatic heterocycles. The fraction of sp³-hybridized carbons (Fsp3) is 0.176. The van der Waals surface area contributed by atoms with Crippen LogP contribution >= 0.6 is 0 Å². The molecule has 1 N–H and O–H groups in total. The Kier molecular flexibility index (Phi) is 5.77. The lowest BCUT2D eigenvalue weighted by molar-refractivity contribution is -0.138. The summed E-state index contributed by atoms with van der Waals surface area (Å²) in [7, 11) is 0. The van der Waals surface area contributed by atoms with Gasteiger partial charge in [0.2, 0.25) is 0 Å². The minimum absolute atomic E-state index is 0.000240. The highest BCUT2D eigenvalue weighted by molar-refractivity contribution is 5.96. The number of amides is 1. The molecule has 10 heteroatoms. The molecule has 0 heterocycles. The normalized spacial score (nSPS) is 11.8. The predicted octanol–water partition coefficient (Wildman–Crippen LogP) is 4.52. The van der Waals surface area contributed by atoms with Crippen molar-refractivity contribution in [3.63, 3.8) is 0 Å². The van der Waals surface area contributed by atoms with Gasteiger partial charge in [0.05, 0.1) is 16.7 Å². The second kappa shape index (κ2) is 7.68. The zero-order valence-corrected chi connectivity index (χ0v) is 13.3. The highest BCUT2D eigenvalue weighted by Gasteiger charge is 2.35. The number of alkyl halides is 6. The number of carbonyl (C=O) groups excluding carboxylic acids is 2. The fourth-order valence-electron chi connectivity index (χ4n) is 2.06. The summed E-state index contributed by atoms with van der Waals surface area (Å²) in [4.78, 5) is 23.5. The Labute approximate surface area is 148 Å². The molecule has 0 atom stereocenters. The Bertz CT molecular complexity index is 828. The second-order valence-corrected chi connectivity index (χ2v) is 5.24. The Morgan fingerprint density at radius 1 is 0.852 bits per heavy atom. The van der Waals surface area contributed by atoms with E-state index in [2.05, 4.69) is 10.1 Å². The topological polar surface area (TPSA) is 55.4 Å². The zero-order chi connectivity index (χ0) is 20.2. The van der Waals surface area contributed by atoms with Crippen molar-refractivity contribution in [1.29, 1.82) is 0 Å². The standard InChI is InChI=1S/C17H11F6NO3/c18-16(19,20)10-5-7-11(8-6-10)24-14(25)9-27-15(26)12-3-1-2-4-13(12)17(21,22)23/h1-8H,9H2,(H,24,25). The molecule has 144 valence electrons. The van der Waals surface area contributed by atoms with E-state index < -0.39 is 47.5 Å². The summed E-state index contributed by atoms with van der Waals surface area (Å²) in [5, 5.41) is 2.17. The maximum atomic E-state index is 12.8. The van der Waals surface area contributed by atoms with Crippen LogP contribution in [-0.2, 0) is 21.9 Å². The Morgan fingerprint density at radius 2 is 1.44 bits per heavy atom. The Balaban J connectivity index is 1.97. The van der Waals surface area contributed by atoms with Crippen LogP contribution in [0.3, 0.4) is 0 Å². The summed E-state index contributed by atoms with van der Waals surface area (Å²) in [5.41, 5.74) is -2.89. The monoisotopic (exact) mass is 391 g/mol. The van der Waals surface area contributed by atoms with Crippen molar-refractivity contribution >= 4 is 17.6 Å². The van der Waals surface area contributed by atoms with Gasteiger partial charge in [0.25, 0.3) is 5.91 Å². The molecule has 0 saturated carbocycles. The summed E-state index contributed by atoms with van der Waals surface area (Å²) in [6.45, 7) is -0.911. The molecule has 0 aliphatic carbocycles. The largest absolute Gasteiger partial charge is 0.452 e. The number of esters is 1. The maximum absolute atomic E-state index is 12.8. The minimum Gasteiger partial charge on any atom is -0.452 e. The van der Waals surface area contributed by atoms with Crippen LogP contribution in [0, 0.1) is 0 Å². The molecule has 0 aliphatic rings. The van der Waals surface area contributed by atoms with Gasteiger partial charge in [-0.1, -0.05) is 12.1 Å². The van der Waals surface area contributed by atoms with Crippen LogP contribution in [0.2, 0.25) is 0 Å². The smallest absolute Gasteiger partial charge is 0.417 e. The van der Waals surface area contributed by atoms with Crippen LogP contribution in [0.1, 0.15) is 21.5 Å². The van der Waals surface area contributed by atoms with Crippen molar-refractivity contribution in [2.75, 3.05) is 11.9 Å². The SMILES string of the molecule is O=C(COC(=O)c1ccccc1C(F)(F)F)Nc1ccc(C(F)(F)F)cc1. The molecule has 0 spiro atoms. The van der Waals surface area contributed by atoms with Gasteiger partial charge in [0.15, 0.2) is 6.61 Å². The maximum Gasteiger partial charge on any atom is 0.417 e. The first-order valence-electron chi connectivity index (χ1n) is 7.29. The van der Waals surface area contributed by atoms with Crippen molar-refractivity contribution in [3.05, 3.63) is 65.2 Å². The molecule has 0 bridgehead atoms. The van der Waals surface area contributed by atoms with Gasteiger partial charge in [0, 0.05) is 5.69 Å². The van der Waals surface area contributed by atoms with Crippen LogP contribution in [0.5, 0.6) is 0 Å². The molecule has 0 fully saturated rings. The van der Waals surface area contributed by atoms with Crippen molar-refractivity contribution in [1.82, 2.24) is 0 Å². The second-order valence-electron chi connectivity index (χ2n) is 5.24. The van der Waals surface area contributed by atoms with Crippen LogP contribution in [0.4, 0.5) is 32.0 Å². The van der Waals surface area contributed by atoms with E-state index in [1.165, 1.54) is 6.07 Å². The summed E-state index contributed by atoms with van der Waals surface area (Å²) in [6.07, 6.45) is -9.32. The van der Waals surface area contributed by atoms with Crippen molar-refractivity contribution in [2.24, 2.45) is 0 Å². The molecular formula is C17H11F6NO3. The van der Waals surface area contributed by atoms with E-state index in [9.17, 15) is 35.9 Å². The summed E-state index contributed by atoms with van der Waals surface area (Å²) < 4.78 is 80.4. The average molecular weight is 391 g/mol. The van der Waals surface area contributed by atoms with Crippen LogP contribution in [-0.4, -0.2) is 18.5 Å². The summed E-state index contributed by atoms with van der Waals surface area (Å²) in [5.74, 6) is -2.28. The van der Waals surface area contributed by atoms with Gasteiger partial charge in [-0.25, -0.2) is 4.79 Å². The highest BCUT2D eigenvalue weighted by Crippen LogP contribution is 2.32. The average Bonchev–Trinajstić information content (AvgIpc) is 2.58. The molecule has 0 aromatic heterocycles. The third kappa shape index (κ3) is 5.47. The molecule has 2 aromatic carbocycles. The number of carbonyl (C=O) groups is 2. The Morgan fingerprint density at radius 3 is 2.00 bits per heavy atom. The van der Waals surface area contributed by atoms with E-state index in [0.717, 1.165) is 36.4 Å². The molecule has 0 radical (unpaired) electrons. The third-order valence-electron chi connectivity index (χ3n) is 3.28. The number of hydrogen-bond donors (Lipinski definition) is 1. The van der Waals surface area contributed by atoms with Crippen molar-refractivity contribution in [2.45, 2.75) is 12.4 Å². The number of ether oxygens (including phenoxy) is 1. The number of nitrogens with one attached hydrogen (secondary N) is 1. The number of rotatable bonds is 4. The molecule has 2 aromatic rings. The zero-order valence-electron chi connectivity index (χ0n) is 13.3. The molecule has 0 unspecified atom stereocenters. The summed E-state index contributed by atoms with van der Waals surface area (Å²) in [6, 6.07) is 7.34. The Hall–Kier alpha value is -3.04. The molecule has 0 saturated heterocycles. The lowest BCUT2D eigenvalue weighted by atomic mass is 10.1. The first-order chi connectivity index (χ1) is 12.5. The quantitative estimate of drug-likeness (QED) is 0.616. The number of hydrogen-bond acceptors (Lipinski definition) is 3. The van der Waals surface area contributed by atoms with Gasteiger partial charge in [-0.3, -0.25) is 4.79 Å². The summed E-state index contributed by atoms with van der Waals surface area (Å²) >= 11 is 0. The fourth-order valence-corrected chi connectivity index (χ4v) is 2.06. The van der Waals surface area contributed by atoms with E-state index in [0.29, 0.717) is 6.07 Å². The molecule has 4 nitrogen and oxygen atoms in total. The number of benzene rings is 2. The lowest BCUT2D eigenvalue weighted by Gasteiger charge is -2.12. The van der Waals surface area contributed by atoms with Crippen LogP contribution < -0.4 is 5.32 Å². The van der Waals surface area contributed by atoms with Crippen LogP contribution in [0.15, 0.2) is 48.5 Å². The number of halogens is 6. The van der Waals surface area contributed by atoms with Gasteiger partial charge in [-0.2, -0.15) is 26.3 Å². The van der Waals surface area contributed by atoms with Crippen LogP contribution in [0.25, 0.3) is 0 Å². The van der Waals surface area contributed by atoms with Gasteiger partial charge >= 0.3 is 18.3 Å².